The number of alkyl halides is 3. The average Bonchev–Trinajstić information content (AvgIpc) is 2.80. The molecule has 3 aromatic rings. The van der Waals surface area contributed by atoms with Crippen LogP contribution in [0.3, 0.4) is 0 Å². The zero-order chi connectivity index (χ0) is 26.5. The number of aromatic amines is 1. The van der Waals surface area contributed by atoms with Crippen LogP contribution in [0.2, 0.25) is 0 Å². The van der Waals surface area contributed by atoms with Crippen LogP contribution in [0.1, 0.15) is 19.4 Å². The molecule has 12 heteroatoms. The second-order valence-corrected chi connectivity index (χ2v) is 7.66. The third-order valence-electron chi connectivity index (χ3n) is 4.74. The number of ether oxygens (including phenoxy) is 2. The molecule has 0 aliphatic rings. The van der Waals surface area contributed by atoms with Crippen LogP contribution in [0.25, 0.3) is 11.1 Å². The second kappa shape index (κ2) is 11.1. The SMILES string of the molecule is CCOc1cc(-c2ccc(NC(=O)Nc3ccc(OCC(C)O)c(C(F)(F)F)c3)c(F)c2)c[nH]c1=O. The molecule has 1 aromatic heterocycles. The zero-order valence-electron chi connectivity index (χ0n) is 19.2. The Hall–Kier alpha value is -4.06. The van der Waals surface area contributed by atoms with Gasteiger partial charge in [-0.3, -0.25) is 4.79 Å². The molecular formula is C24H23F4N3O5. The van der Waals surface area contributed by atoms with E-state index < -0.39 is 41.0 Å². The number of hydrogen-bond acceptors (Lipinski definition) is 5. The maximum Gasteiger partial charge on any atom is 0.420 e. The number of carbonyl (C=O) groups is 1. The molecule has 36 heavy (non-hydrogen) atoms. The first-order valence-electron chi connectivity index (χ1n) is 10.7. The predicted molar refractivity (Wildman–Crippen MR) is 125 cm³/mol. The fourth-order valence-corrected chi connectivity index (χ4v) is 3.14. The maximum absolute atomic E-state index is 14.7. The smallest absolute Gasteiger partial charge is 0.420 e. The van der Waals surface area contributed by atoms with E-state index in [0.717, 1.165) is 12.1 Å². The van der Waals surface area contributed by atoms with Crippen molar-refractivity contribution >= 4 is 17.4 Å². The van der Waals surface area contributed by atoms with E-state index in [9.17, 15) is 32.3 Å². The molecule has 0 bridgehead atoms. The summed E-state index contributed by atoms with van der Waals surface area (Å²) < 4.78 is 65.1. The minimum absolute atomic E-state index is 0.0671. The van der Waals surface area contributed by atoms with Crippen LogP contribution in [0.4, 0.5) is 33.7 Å². The van der Waals surface area contributed by atoms with Crippen molar-refractivity contribution in [2.24, 2.45) is 0 Å². The van der Waals surface area contributed by atoms with Crippen LogP contribution in [-0.2, 0) is 6.18 Å². The second-order valence-electron chi connectivity index (χ2n) is 7.66. The summed E-state index contributed by atoms with van der Waals surface area (Å²) in [6, 6.07) is 7.20. The Balaban J connectivity index is 1.75. The van der Waals surface area contributed by atoms with Crippen molar-refractivity contribution in [3.8, 4) is 22.6 Å². The van der Waals surface area contributed by atoms with Gasteiger partial charge in [-0.25, -0.2) is 9.18 Å². The van der Waals surface area contributed by atoms with Crippen LogP contribution >= 0.6 is 0 Å². The first-order valence-corrected chi connectivity index (χ1v) is 10.7. The maximum atomic E-state index is 14.7. The third kappa shape index (κ3) is 6.75. The van der Waals surface area contributed by atoms with Gasteiger partial charge < -0.3 is 30.2 Å². The number of nitrogens with one attached hydrogen (secondary N) is 3. The van der Waals surface area contributed by atoms with Gasteiger partial charge in [-0.2, -0.15) is 13.2 Å². The fourth-order valence-electron chi connectivity index (χ4n) is 3.14. The monoisotopic (exact) mass is 509 g/mol. The van der Waals surface area contributed by atoms with Crippen LogP contribution < -0.4 is 25.7 Å². The fraction of sp³-hybridized carbons (Fsp3) is 0.250. The first kappa shape index (κ1) is 26.5. The average molecular weight is 509 g/mol. The number of aliphatic hydroxyl groups excluding tert-OH is 1. The lowest BCUT2D eigenvalue weighted by atomic mass is 10.1. The number of hydrogen-bond donors (Lipinski definition) is 4. The van der Waals surface area contributed by atoms with E-state index in [1.807, 2.05) is 0 Å². The Kier molecular flexibility index (Phi) is 8.20. The van der Waals surface area contributed by atoms with E-state index in [0.29, 0.717) is 17.2 Å². The number of amides is 2. The lowest BCUT2D eigenvalue weighted by Gasteiger charge is -2.17. The molecule has 2 aromatic carbocycles. The van der Waals surface area contributed by atoms with Crippen molar-refractivity contribution in [3.05, 3.63) is 70.4 Å². The molecule has 192 valence electrons. The largest absolute Gasteiger partial charge is 0.490 e. The van der Waals surface area contributed by atoms with E-state index in [1.165, 1.54) is 37.4 Å². The standard InChI is InChI=1S/C24H23F4N3O5/c1-3-35-21-9-15(11-29-22(21)33)14-4-6-19(18(25)8-14)31-23(34)30-16-5-7-20(36-12-13(2)32)17(10-16)24(26,27)28/h4-11,13,32H,3,12H2,1-2H3,(H,29,33)(H2,30,31,34). The minimum Gasteiger partial charge on any atom is -0.490 e. The number of rotatable bonds is 8. The summed E-state index contributed by atoms with van der Waals surface area (Å²) in [5.41, 5.74) is -1.17. The number of carbonyl (C=O) groups excluding carboxylic acids is 1. The molecule has 0 aliphatic carbocycles. The molecule has 0 fully saturated rings. The Morgan fingerprint density at radius 1 is 1.06 bits per heavy atom. The van der Waals surface area contributed by atoms with Crippen LogP contribution in [0, 0.1) is 5.82 Å². The number of aromatic nitrogens is 1. The Bertz CT molecular complexity index is 1290. The van der Waals surface area contributed by atoms with Crippen LogP contribution in [-0.4, -0.2) is 35.4 Å². The molecule has 3 rings (SSSR count). The number of pyridine rings is 1. The van der Waals surface area contributed by atoms with Crippen LogP contribution in [0.5, 0.6) is 11.5 Å². The number of urea groups is 1. The molecule has 1 unspecified atom stereocenters. The summed E-state index contributed by atoms with van der Waals surface area (Å²) in [6.07, 6.45) is -4.38. The van der Waals surface area contributed by atoms with Gasteiger partial charge in [0.15, 0.2) is 5.75 Å². The van der Waals surface area contributed by atoms with Crippen molar-refractivity contribution in [2.75, 3.05) is 23.8 Å². The Morgan fingerprint density at radius 2 is 1.81 bits per heavy atom. The molecule has 0 aliphatic heterocycles. The van der Waals surface area contributed by atoms with Gasteiger partial charge in [0.1, 0.15) is 18.2 Å². The molecular weight excluding hydrogens is 486 g/mol. The molecule has 0 spiro atoms. The zero-order valence-corrected chi connectivity index (χ0v) is 19.2. The number of halogens is 4. The van der Waals surface area contributed by atoms with Gasteiger partial charge in [-0.1, -0.05) is 6.07 Å². The summed E-state index contributed by atoms with van der Waals surface area (Å²) in [7, 11) is 0. The lowest BCUT2D eigenvalue weighted by Crippen LogP contribution is -2.21. The van der Waals surface area contributed by atoms with Crippen molar-refractivity contribution in [1.29, 1.82) is 0 Å². The summed E-state index contributed by atoms with van der Waals surface area (Å²) in [5, 5.41) is 13.7. The summed E-state index contributed by atoms with van der Waals surface area (Å²) in [4.78, 5) is 26.6. The lowest BCUT2D eigenvalue weighted by molar-refractivity contribution is -0.139. The molecule has 4 N–H and O–H groups in total. The molecule has 1 heterocycles. The highest BCUT2D eigenvalue weighted by molar-refractivity contribution is 6.00. The Morgan fingerprint density at radius 3 is 2.44 bits per heavy atom. The number of benzene rings is 2. The van der Waals surface area contributed by atoms with E-state index in [1.54, 1.807) is 6.92 Å². The van der Waals surface area contributed by atoms with Crippen molar-refractivity contribution in [1.82, 2.24) is 4.98 Å². The van der Waals surface area contributed by atoms with Gasteiger partial charge in [0, 0.05) is 17.4 Å². The van der Waals surface area contributed by atoms with Gasteiger partial charge >= 0.3 is 12.2 Å². The van der Waals surface area contributed by atoms with E-state index in [4.69, 9.17) is 9.47 Å². The van der Waals surface area contributed by atoms with E-state index >= 15 is 0 Å². The van der Waals surface area contributed by atoms with Gasteiger partial charge in [0.05, 0.1) is 24.0 Å². The van der Waals surface area contributed by atoms with E-state index in [2.05, 4.69) is 15.6 Å². The van der Waals surface area contributed by atoms with Crippen molar-refractivity contribution < 1.29 is 36.9 Å². The molecule has 2 amide bonds. The topological polar surface area (TPSA) is 113 Å². The Labute approximate surface area is 202 Å². The highest BCUT2D eigenvalue weighted by Gasteiger charge is 2.35. The third-order valence-corrected chi connectivity index (χ3v) is 4.74. The van der Waals surface area contributed by atoms with E-state index in [-0.39, 0.29) is 30.3 Å². The summed E-state index contributed by atoms with van der Waals surface area (Å²) in [6.45, 7) is 2.98. The molecule has 0 saturated carbocycles. The highest BCUT2D eigenvalue weighted by Crippen LogP contribution is 2.38. The first-order chi connectivity index (χ1) is 17.0. The summed E-state index contributed by atoms with van der Waals surface area (Å²) >= 11 is 0. The molecule has 0 radical (unpaired) electrons. The van der Waals surface area contributed by atoms with Gasteiger partial charge in [-0.05, 0) is 55.8 Å². The highest BCUT2D eigenvalue weighted by atomic mass is 19.4. The number of aliphatic hydroxyl groups is 1. The van der Waals surface area contributed by atoms with Gasteiger partial charge in [-0.15, -0.1) is 0 Å². The van der Waals surface area contributed by atoms with Crippen molar-refractivity contribution in [2.45, 2.75) is 26.1 Å². The van der Waals surface area contributed by atoms with Crippen LogP contribution in [0.15, 0.2) is 53.5 Å². The molecule has 1 atom stereocenters. The predicted octanol–water partition coefficient (Wildman–Crippen LogP) is 5.00. The molecule has 0 saturated heterocycles. The molecule has 8 nitrogen and oxygen atoms in total. The number of anilines is 2. The van der Waals surface area contributed by atoms with Gasteiger partial charge in [0.25, 0.3) is 5.56 Å². The van der Waals surface area contributed by atoms with Gasteiger partial charge in [0.2, 0.25) is 0 Å². The number of H-pyrrole nitrogens is 1. The quantitative estimate of drug-likeness (QED) is 0.319. The summed E-state index contributed by atoms with van der Waals surface area (Å²) in [5.74, 6) is -1.26. The minimum atomic E-state index is -4.78. The van der Waals surface area contributed by atoms with Crippen molar-refractivity contribution in [3.63, 3.8) is 0 Å². The normalized spacial score (nSPS) is 12.1.